The van der Waals surface area contributed by atoms with Crippen molar-refractivity contribution in [1.29, 1.82) is 0 Å². The Labute approximate surface area is 85.3 Å². The highest BCUT2D eigenvalue weighted by Crippen LogP contribution is 2.11. The summed E-state index contributed by atoms with van der Waals surface area (Å²) < 4.78 is 5.35. The van der Waals surface area contributed by atoms with Crippen LogP contribution in [-0.4, -0.2) is 26.9 Å². The van der Waals surface area contributed by atoms with Crippen LogP contribution in [0.2, 0.25) is 0 Å². The lowest BCUT2D eigenvalue weighted by atomic mass is 10.2. The molecule has 0 amide bonds. The molecule has 0 saturated heterocycles. The first kappa shape index (κ1) is 9.32. The lowest BCUT2D eigenvalue weighted by Crippen LogP contribution is -1.97. The molecule has 76 valence electrons. The summed E-state index contributed by atoms with van der Waals surface area (Å²) >= 11 is 0. The van der Waals surface area contributed by atoms with Crippen molar-refractivity contribution < 1.29 is 9.53 Å². The largest absolute Gasteiger partial charge is 0.485 e. The van der Waals surface area contributed by atoms with Crippen LogP contribution in [0.25, 0.3) is 0 Å². The number of ether oxygens (including phenoxy) is 1. The van der Waals surface area contributed by atoms with E-state index in [1.807, 2.05) is 0 Å². The summed E-state index contributed by atoms with van der Waals surface area (Å²) in [7, 11) is 0. The molecule has 1 aromatic carbocycles. The van der Waals surface area contributed by atoms with Crippen molar-refractivity contribution in [2.24, 2.45) is 0 Å². The summed E-state index contributed by atoms with van der Waals surface area (Å²) in [5.74, 6) is 1.14. The van der Waals surface area contributed by atoms with Gasteiger partial charge in [-0.1, -0.05) is 5.21 Å². The van der Waals surface area contributed by atoms with Gasteiger partial charge in [-0.2, -0.15) is 5.21 Å². The van der Waals surface area contributed by atoms with Gasteiger partial charge >= 0.3 is 0 Å². The van der Waals surface area contributed by atoms with Crippen molar-refractivity contribution in [2.75, 3.05) is 0 Å². The predicted octanol–water partition coefficient (Wildman–Crippen LogP) is 0.591. The number of rotatable bonds is 4. The van der Waals surface area contributed by atoms with Gasteiger partial charge in [0.15, 0.2) is 6.61 Å². The molecular weight excluding hydrogens is 196 g/mol. The van der Waals surface area contributed by atoms with E-state index < -0.39 is 0 Å². The van der Waals surface area contributed by atoms with Crippen LogP contribution in [0.4, 0.5) is 0 Å². The lowest BCUT2D eigenvalue weighted by Gasteiger charge is -2.02. The molecule has 0 radical (unpaired) electrons. The summed E-state index contributed by atoms with van der Waals surface area (Å²) in [5.41, 5.74) is 0.613. The molecule has 0 atom stereocenters. The van der Waals surface area contributed by atoms with Gasteiger partial charge in [0.25, 0.3) is 0 Å². The third-order valence-electron chi connectivity index (χ3n) is 1.77. The number of aromatic amines is 1. The number of tetrazole rings is 1. The fourth-order valence-electron chi connectivity index (χ4n) is 1.03. The molecule has 0 fully saturated rings. The van der Waals surface area contributed by atoms with Crippen LogP contribution in [0.1, 0.15) is 16.2 Å². The van der Waals surface area contributed by atoms with Crippen molar-refractivity contribution in [1.82, 2.24) is 20.6 Å². The van der Waals surface area contributed by atoms with Crippen LogP contribution < -0.4 is 4.74 Å². The quantitative estimate of drug-likeness (QED) is 0.737. The normalized spacial score (nSPS) is 9.87. The maximum absolute atomic E-state index is 10.4. The predicted molar refractivity (Wildman–Crippen MR) is 50.3 cm³/mol. The Morgan fingerprint density at radius 3 is 2.73 bits per heavy atom. The van der Waals surface area contributed by atoms with Gasteiger partial charge < -0.3 is 4.74 Å². The van der Waals surface area contributed by atoms with Gasteiger partial charge in [-0.3, -0.25) is 4.79 Å². The van der Waals surface area contributed by atoms with Crippen LogP contribution in [0.15, 0.2) is 24.3 Å². The minimum atomic E-state index is 0.247. The molecular formula is C9H8N4O2. The highest BCUT2D eigenvalue weighted by molar-refractivity contribution is 5.74. The number of aldehydes is 1. The third-order valence-corrected chi connectivity index (χ3v) is 1.77. The van der Waals surface area contributed by atoms with Crippen molar-refractivity contribution in [3.8, 4) is 5.75 Å². The van der Waals surface area contributed by atoms with E-state index in [0.717, 1.165) is 6.29 Å². The van der Waals surface area contributed by atoms with E-state index >= 15 is 0 Å². The molecule has 6 heteroatoms. The Bertz CT molecular complexity index is 424. The first-order valence-electron chi connectivity index (χ1n) is 4.29. The summed E-state index contributed by atoms with van der Waals surface area (Å²) in [4.78, 5) is 10.4. The van der Waals surface area contributed by atoms with E-state index in [0.29, 0.717) is 17.1 Å². The van der Waals surface area contributed by atoms with Gasteiger partial charge in [0, 0.05) is 5.56 Å². The molecule has 0 unspecified atom stereocenters. The second-order valence-electron chi connectivity index (χ2n) is 2.80. The highest BCUT2D eigenvalue weighted by atomic mass is 16.5. The van der Waals surface area contributed by atoms with Crippen LogP contribution in [0.5, 0.6) is 5.75 Å². The van der Waals surface area contributed by atoms with E-state index in [2.05, 4.69) is 20.6 Å². The topological polar surface area (TPSA) is 80.8 Å². The van der Waals surface area contributed by atoms with Crippen molar-refractivity contribution >= 4 is 6.29 Å². The van der Waals surface area contributed by atoms with Gasteiger partial charge in [0.1, 0.15) is 12.0 Å². The molecule has 2 rings (SSSR count). The molecule has 1 heterocycles. The Morgan fingerprint density at radius 2 is 2.13 bits per heavy atom. The zero-order valence-electron chi connectivity index (χ0n) is 7.75. The lowest BCUT2D eigenvalue weighted by molar-refractivity contribution is 0.112. The van der Waals surface area contributed by atoms with Crippen molar-refractivity contribution in [3.05, 3.63) is 35.7 Å². The first-order chi connectivity index (χ1) is 7.38. The number of nitrogens with zero attached hydrogens (tertiary/aromatic N) is 3. The van der Waals surface area contributed by atoms with Gasteiger partial charge in [-0.25, -0.2) is 0 Å². The van der Waals surface area contributed by atoms with E-state index in [9.17, 15) is 4.79 Å². The summed E-state index contributed by atoms with van der Waals surface area (Å²) in [6.07, 6.45) is 0.781. The van der Waals surface area contributed by atoms with Gasteiger partial charge in [0.05, 0.1) is 0 Å². The Kier molecular flexibility index (Phi) is 2.68. The molecule has 0 aliphatic carbocycles. The molecule has 0 aliphatic rings. The summed E-state index contributed by atoms with van der Waals surface area (Å²) in [6, 6.07) is 6.78. The average Bonchev–Trinajstić information content (AvgIpc) is 2.80. The Balaban J connectivity index is 1.96. The fourth-order valence-corrected chi connectivity index (χ4v) is 1.03. The fraction of sp³-hybridized carbons (Fsp3) is 0.111. The van der Waals surface area contributed by atoms with Gasteiger partial charge in [-0.15, -0.1) is 10.2 Å². The van der Waals surface area contributed by atoms with E-state index in [1.165, 1.54) is 0 Å². The van der Waals surface area contributed by atoms with E-state index in [4.69, 9.17) is 4.74 Å². The minimum Gasteiger partial charge on any atom is -0.485 e. The van der Waals surface area contributed by atoms with Crippen molar-refractivity contribution in [2.45, 2.75) is 6.61 Å². The van der Waals surface area contributed by atoms with Crippen molar-refractivity contribution in [3.63, 3.8) is 0 Å². The average molecular weight is 204 g/mol. The second kappa shape index (κ2) is 4.32. The standard InChI is InChI=1S/C9H8N4O2/c14-5-7-1-3-8(4-2-7)15-6-9-10-12-13-11-9/h1-5H,6H2,(H,10,11,12,13). The smallest absolute Gasteiger partial charge is 0.211 e. The Morgan fingerprint density at radius 1 is 1.33 bits per heavy atom. The Hall–Kier alpha value is -2.24. The first-order valence-corrected chi connectivity index (χ1v) is 4.29. The molecule has 2 aromatic rings. The molecule has 0 aliphatic heterocycles. The summed E-state index contributed by atoms with van der Waals surface area (Å²) in [5, 5.41) is 13.2. The van der Waals surface area contributed by atoms with Crippen LogP contribution in [0, 0.1) is 0 Å². The van der Waals surface area contributed by atoms with E-state index in [1.54, 1.807) is 24.3 Å². The van der Waals surface area contributed by atoms with Crippen LogP contribution in [-0.2, 0) is 6.61 Å². The number of H-pyrrole nitrogens is 1. The monoisotopic (exact) mass is 204 g/mol. The SMILES string of the molecule is O=Cc1ccc(OCc2nn[nH]n2)cc1. The molecule has 0 spiro atoms. The molecule has 6 nitrogen and oxygen atoms in total. The number of nitrogens with one attached hydrogen (secondary N) is 1. The van der Waals surface area contributed by atoms with Gasteiger partial charge in [0.2, 0.25) is 5.82 Å². The summed E-state index contributed by atoms with van der Waals surface area (Å²) in [6.45, 7) is 0.247. The number of carbonyl (C=O) groups is 1. The number of aromatic nitrogens is 4. The zero-order valence-corrected chi connectivity index (χ0v) is 7.75. The van der Waals surface area contributed by atoms with Crippen LogP contribution in [0.3, 0.4) is 0 Å². The highest BCUT2D eigenvalue weighted by Gasteiger charge is 1.99. The zero-order chi connectivity index (χ0) is 10.5. The molecule has 0 saturated carbocycles. The maximum Gasteiger partial charge on any atom is 0.211 e. The minimum absolute atomic E-state index is 0.247. The number of benzene rings is 1. The van der Waals surface area contributed by atoms with E-state index in [-0.39, 0.29) is 6.61 Å². The second-order valence-corrected chi connectivity index (χ2v) is 2.80. The molecule has 1 N–H and O–H groups in total. The molecule has 15 heavy (non-hydrogen) atoms. The molecule has 1 aromatic heterocycles. The maximum atomic E-state index is 10.4. The van der Waals surface area contributed by atoms with Gasteiger partial charge in [-0.05, 0) is 24.3 Å². The third kappa shape index (κ3) is 2.37. The number of carbonyl (C=O) groups excluding carboxylic acids is 1. The van der Waals surface area contributed by atoms with Crippen LogP contribution >= 0.6 is 0 Å². The number of hydrogen-bond donors (Lipinski definition) is 1. The number of hydrogen-bond acceptors (Lipinski definition) is 5. The molecule has 0 bridgehead atoms.